The fourth-order valence-corrected chi connectivity index (χ4v) is 3.13. The normalized spacial score (nSPS) is 10.7. The van der Waals surface area contributed by atoms with Crippen LogP contribution in [0.25, 0.3) is 22.0 Å². The molecular weight excluding hydrogens is 385 g/mol. The first kappa shape index (κ1) is 19.1. The molecule has 0 saturated heterocycles. The number of benzene rings is 2. The third-order valence-corrected chi connectivity index (χ3v) is 4.57. The number of urea groups is 1. The summed E-state index contributed by atoms with van der Waals surface area (Å²) in [6.45, 7) is 0. The molecule has 3 amide bonds. The molecule has 30 heavy (non-hydrogen) atoms. The van der Waals surface area contributed by atoms with E-state index in [9.17, 15) is 14.0 Å². The van der Waals surface area contributed by atoms with E-state index < -0.39 is 11.9 Å². The zero-order chi connectivity index (χ0) is 21.1. The number of nitrogens with zero attached hydrogens (tertiary/aromatic N) is 1. The van der Waals surface area contributed by atoms with Crippen molar-refractivity contribution in [2.75, 3.05) is 11.1 Å². The van der Waals surface area contributed by atoms with Crippen molar-refractivity contribution in [3.05, 3.63) is 78.4 Å². The maximum atomic E-state index is 12.9. The number of pyridine rings is 1. The number of nitrogen functional groups attached to an aromatic ring is 1. The van der Waals surface area contributed by atoms with Crippen LogP contribution in [0, 0.1) is 5.82 Å². The highest BCUT2D eigenvalue weighted by Gasteiger charge is 2.10. The highest BCUT2D eigenvalue weighted by Crippen LogP contribution is 2.29. The van der Waals surface area contributed by atoms with E-state index in [1.807, 2.05) is 18.3 Å². The van der Waals surface area contributed by atoms with Gasteiger partial charge in [-0.2, -0.15) is 0 Å². The lowest BCUT2D eigenvalue weighted by atomic mass is 10.1. The van der Waals surface area contributed by atoms with Crippen LogP contribution in [-0.4, -0.2) is 21.9 Å². The van der Waals surface area contributed by atoms with Gasteiger partial charge in [-0.05, 0) is 35.4 Å². The van der Waals surface area contributed by atoms with Gasteiger partial charge < -0.3 is 16.0 Å². The summed E-state index contributed by atoms with van der Waals surface area (Å²) >= 11 is 0. The van der Waals surface area contributed by atoms with Gasteiger partial charge in [0, 0.05) is 35.1 Å². The molecule has 0 bridgehead atoms. The Balaban J connectivity index is 1.38. The number of carbonyl (C=O) groups is 2. The summed E-state index contributed by atoms with van der Waals surface area (Å²) in [5, 5.41) is 5.81. The number of rotatable bonds is 4. The van der Waals surface area contributed by atoms with Crippen molar-refractivity contribution in [1.29, 1.82) is 0 Å². The van der Waals surface area contributed by atoms with Crippen molar-refractivity contribution in [3.63, 3.8) is 0 Å². The third-order valence-electron chi connectivity index (χ3n) is 4.57. The molecule has 0 atom stereocenters. The summed E-state index contributed by atoms with van der Waals surface area (Å²) in [6.07, 6.45) is 3.56. The number of amides is 3. The second kappa shape index (κ2) is 8.04. The van der Waals surface area contributed by atoms with Gasteiger partial charge in [-0.25, -0.2) is 14.2 Å². The maximum absolute atomic E-state index is 12.9. The van der Waals surface area contributed by atoms with Crippen LogP contribution >= 0.6 is 0 Å². The molecule has 0 radical (unpaired) electrons. The summed E-state index contributed by atoms with van der Waals surface area (Å²) in [6, 6.07) is 13.9. The lowest BCUT2D eigenvalue weighted by Crippen LogP contribution is -2.35. The summed E-state index contributed by atoms with van der Waals surface area (Å²) in [4.78, 5) is 31.3. The Morgan fingerprint density at radius 2 is 1.80 bits per heavy atom. The van der Waals surface area contributed by atoms with Crippen molar-refractivity contribution in [3.8, 4) is 11.1 Å². The van der Waals surface area contributed by atoms with Crippen molar-refractivity contribution in [1.82, 2.24) is 15.3 Å². The fourth-order valence-electron chi connectivity index (χ4n) is 3.13. The molecule has 4 aromatic rings. The van der Waals surface area contributed by atoms with Crippen LogP contribution in [0.4, 0.5) is 20.7 Å². The van der Waals surface area contributed by atoms with Crippen molar-refractivity contribution < 1.29 is 14.0 Å². The van der Waals surface area contributed by atoms with Gasteiger partial charge in [0.05, 0.1) is 11.9 Å². The van der Waals surface area contributed by atoms with E-state index in [1.165, 1.54) is 24.3 Å². The number of aromatic nitrogens is 2. The number of nitrogens with one attached hydrogen (secondary N) is 3. The minimum absolute atomic E-state index is 0.0221. The molecule has 0 aliphatic carbocycles. The van der Waals surface area contributed by atoms with E-state index >= 15 is 0 Å². The average molecular weight is 403 g/mol. The van der Waals surface area contributed by atoms with Crippen molar-refractivity contribution >= 4 is 34.3 Å². The summed E-state index contributed by atoms with van der Waals surface area (Å²) < 4.78 is 12.9. The summed E-state index contributed by atoms with van der Waals surface area (Å²) in [5.74, 6) is -0.426. The minimum Gasteiger partial charge on any atom is -0.384 e. The van der Waals surface area contributed by atoms with E-state index in [0.29, 0.717) is 17.1 Å². The van der Waals surface area contributed by atoms with E-state index in [0.717, 1.165) is 22.0 Å². The predicted octanol–water partition coefficient (Wildman–Crippen LogP) is 3.84. The summed E-state index contributed by atoms with van der Waals surface area (Å²) in [7, 11) is 0. The van der Waals surface area contributed by atoms with Gasteiger partial charge in [0.2, 0.25) is 5.91 Å². The maximum Gasteiger partial charge on any atom is 0.325 e. The van der Waals surface area contributed by atoms with Crippen LogP contribution < -0.4 is 16.4 Å². The average Bonchev–Trinajstić information content (AvgIpc) is 3.13. The van der Waals surface area contributed by atoms with Gasteiger partial charge in [0.1, 0.15) is 11.6 Å². The molecule has 0 spiro atoms. The zero-order valence-electron chi connectivity index (χ0n) is 15.8. The number of halogens is 1. The Morgan fingerprint density at radius 3 is 2.53 bits per heavy atom. The molecule has 0 saturated carbocycles. The molecular formula is C22H18FN5O2. The molecule has 7 nitrogen and oxygen atoms in total. The Bertz CT molecular complexity index is 1220. The van der Waals surface area contributed by atoms with Gasteiger partial charge in [0.15, 0.2) is 0 Å². The van der Waals surface area contributed by atoms with Crippen LogP contribution in [0.5, 0.6) is 0 Å². The fraction of sp³-hybridized carbons (Fsp3) is 0.0455. The molecule has 2 aromatic heterocycles. The second-order valence-corrected chi connectivity index (χ2v) is 6.74. The first-order chi connectivity index (χ1) is 14.5. The molecule has 5 N–H and O–H groups in total. The Kier molecular flexibility index (Phi) is 5.13. The van der Waals surface area contributed by atoms with Crippen molar-refractivity contribution in [2.45, 2.75) is 6.42 Å². The van der Waals surface area contributed by atoms with Gasteiger partial charge in [-0.15, -0.1) is 0 Å². The largest absolute Gasteiger partial charge is 0.384 e. The predicted molar refractivity (Wildman–Crippen MR) is 113 cm³/mol. The third kappa shape index (κ3) is 4.27. The number of nitrogens with two attached hydrogens (primary N) is 1. The highest BCUT2D eigenvalue weighted by molar-refractivity contribution is 6.02. The van der Waals surface area contributed by atoms with Gasteiger partial charge in [0.25, 0.3) is 0 Å². The Labute approximate surface area is 171 Å². The van der Waals surface area contributed by atoms with E-state index in [1.54, 1.807) is 24.4 Å². The number of imide groups is 1. The van der Waals surface area contributed by atoms with Crippen LogP contribution in [-0.2, 0) is 11.2 Å². The molecule has 150 valence electrons. The highest BCUT2D eigenvalue weighted by atomic mass is 19.1. The molecule has 8 heteroatoms. The standard InChI is InChI=1S/C22H18FN5O2/c23-15-5-1-13(2-6-15)9-21(29)28-22(30)27-16-7-3-14(4-8-16)17-11-25-19-10-20(24)26-12-18(17)19/h1-8,10-12,25H,9H2,(H2,24,26)(H2,27,28,29,30). The lowest BCUT2D eigenvalue weighted by molar-refractivity contribution is -0.119. The quantitative estimate of drug-likeness (QED) is 0.415. The van der Waals surface area contributed by atoms with Crippen LogP contribution in [0.1, 0.15) is 5.56 Å². The van der Waals surface area contributed by atoms with Crippen LogP contribution in [0.15, 0.2) is 67.0 Å². The Hall–Kier alpha value is -4.20. The summed E-state index contributed by atoms with van der Waals surface area (Å²) in [5.41, 5.74) is 9.64. The minimum atomic E-state index is -0.637. The second-order valence-electron chi connectivity index (χ2n) is 6.74. The number of anilines is 2. The van der Waals surface area contributed by atoms with Crippen LogP contribution in [0.2, 0.25) is 0 Å². The smallest absolute Gasteiger partial charge is 0.325 e. The molecule has 0 fully saturated rings. The first-order valence-corrected chi connectivity index (χ1v) is 9.16. The molecule has 0 unspecified atom stereocenters. The molecule has 0 aliphatic rings. The van der Waals surface area contributed by atoms with E-state index in [-0.39, 0.29) is 12.2 Å². The molecule has 2 heterocycles. The molecule has 2 aromatic carbocycles. The monoisotopic (exact) mass is 403 g/mol. The zero-order valence-corrected chi connectivity index (χ0v) is 15.8. The number of hydrogen-bond acceptors (Lipinski definition) is 4. The SMILES string of the molecule is Nc1cc2[nH]cc(-c3ccc(NC(=O)NC(=O)Cc4ccc(F)cc4)cc3)c2cn1. The number of carbonyl (C=O) groups excluding carboxylic acids is 2. The molecule has 0 aliphatic heterocycles. The first-order valence-electron chi connectivity index (χ1n) is 9.16. The number of aromatic amines is 1. The number of hydrogen-bond donors (Lipinski definition) is 4. The van der Waals surface area contributed by atoms with E-state index in [2.05, 4.69) is 20.6 Å². The van der Waals surface area contributed by atoms with E-state index in [4.69, 9.17) is 5.73 Å². The number of H-pyrrole nitrogens is 1. The van der Waals surface area contributed by atoms with Crippen LogP contribution in [0.3, 0.4) is 0 Å². The van der Waals surface area contributed by atoms with Gasteiger partial charge in [-0.1, -0.05) is 24.3 Å². The van der Waals surface area contributed by atoms with Gasteiger partial charge in [-0.3, -0.25) is 10.1 Å². The van der Waals surface area contributed by atoms with Crippen molar-refractivity contribution in [2.24, 2.45) is 0 Å². The Morgan fingerprint density at radius 1 is 1.07 bits per heavy atom. The lowest BCUT2D eigenvalue weighted by Gasteiger charge is -2.08. The molecule has 4 rings (SSSR count). The topological polar surface area (TPSA) is 113 Å². The number of fused-ring (bicyclic) bond motifs is 1. The van der Waals surface area contributed by atoms with Gasteiger partial charge >= 0.3 is 6.03 Å².